The van der Waals surface area contributed by atoms with E-state index >= 15 is 0 Å². The van der Waals surface area contributed by atoms with E-state index in [0.717, 1.165) is 18.5 Å². The van der Waals surface area contributed by atoms with Crippen molar-refractivity contribution < 1.29 is 14.3 Å². The number of ether oxygens (including phenoxy) is 2. The van der Waals surface area contributed by atoms with Crippen LogP contribution in [-0.2, 0) is 24.5 Å². The number of nitrogens with zero attached hydrogens (tertiary/aromatic N) is 5. The van der Waals surface area contributed by atoms with Crippen molar-refractivity contribution in [1.82, 2.24) is 25.2 Å². The predicted octanol–water partition coefficient (Wildman–Crippen LogP) is 2.87. The molecule has 0 amide bonds. The third kappa shape index (κ3) is 4.85. The third-order valence-corrected chi connectivity index (χ3v) is 4.24. The monoisotopic (exact) mass is 373 g/mol. The van der Waals surface area contributed by atoms with Crippen LogP contribution in [0.5, 0.6) is 5.75 Å². The van der Waals surface area contributed by atoms with E-state index in [1.165, 1.54) is 11.3 Å². The number of hydrogen-bond acceptors (Lipinski definition) is 8. The molecule has 1 aromatic carbocycles. The van der Waals surface area contributed by atoms with E-state index in [0.29, 0.717) is 30.3 Å². The number of esters is 1. The van der Waals surface area contributed by atoms with Crippen LogP contribution in [-0.4, -0.2) is 31.2 Å². The molecule has 0 spiro atoms. The second-order valence-corrected chi connectivity index (χ2v) is 6.26. The van der Waals surface area contributed by atoms with Gasteiger partial charge in [-0.25, -0.2) is 14.5 Å². The fraction of sp³-hybridized carbons (Fsp3) is 0.353. The van der Waals surface area contributed by atoms with E-state index in [1.807, 2.05) is 5.38 Å². The van der Waals surface area contributed by atoms with Crippen molar-refractivity contribution in [1.29, 1.82) is 0 Å². The van der Waals surface area contributed by atoms with Crippen LogP contribution in [0.4, 0.5) is 0 Å². The summed E-state index contributed by atoms with van der Waals surface area (Å²) in [7, 11) is 0. The summed E-state index contributed by atoms with van der Waals surface area (Å²) in [5, 5.41) is 13.4. The van der Waals surface area contributed by atoms with Gasteiger partial charge >= 0.3 is 5.97 Å². The third-order valence-electron chi connectivity index (χ3n) is 3.60. The molecule has 136 valence electrons. The lowest BCUT2D eigenvalue weighted by atomic mass is 10.2. The molecule has 2 heterocycles. The number of carbonyl (C=O) groups excluding carboxylic acids is 1. The number of aryl methyl sites for hydroxylation is 1. The molecule has 0 aliphatic rings. The second kappa shape index (κ2) is 9.04. The predicted molar refractivity (Wildman–Crippen MR) is 94.7 cm³/mol. The smallest absolute Gasteiger partial charge is 0.338 e. The Bertz CT molecular complexity index is 835. The fourth-order valence-corrected chi connectivity index (χ4v) is 2.74. The van der Waals surface area contributed by atoms with E-state index < -0.39 is 5.97 Å². The van der Waals surface area contributed by atoms with Crippen molar-refractivity contribution in [2.45, 2.75) is 39.5 Å². The largest absolute Gasteiger partial charge is 0.487 e. The summed E-state index contributed by atoms with van der Waals surface area (Å²) in [6, 6.07) is 6.86. The summed E-state index contributed by atoms with van der Waals surface area (Å²) >= 11 is 1.51. The molecule has 3 rings (SSSR count). The Morgan fingerprint density at radius 1 is 1.31 bits per heavy atom. The normalized spacial score (nSPS) is 10.7. The maximum Gasteiger partial charge on any atom is 0.338 e. The number of aromatic nitrogens is 5. The van der Waals surface area contributed by atoms with Crippen LogP contribution in [0.3, 0.4) is 0 Å². The minimum absolute atomic E-state index is 0.0272. The molecule has 26 heavy (non-hydrogen) atoms. The average Bonchev–Trinajstić information content (AvgIpc) is 3.34. The molecule has 0 saturated carbocycles. The van der Waals surface area contributed by atoms with Gasteiger partial charge in [-0.15, -0.1) is 16.4 Å². The molecule has 0 fully saturated rings. The molecule has 0 atom stereocenters. The zero-order valence-electron chi connectivity index (χ0n) is 14.4. The van der Waals surface area contributed by atoms with Gasteiger partial charge in [0.25, 0.3) is 0 Å². The van der Waals surface area contributed by atoms with Crippen LogP contribution in [0.1, 0.15) is 41.6 Å². The molecule has 0 aliphatic heterocycles. The van der Waals surface area contributed by atoms with Crippen molar-refractivity contribution in [3.63, 3.8) is 0 Å². The Kier molecular flexibility index (Phi) is 6.26. The first kappa shape index (κ1) is 18.0. The van der Waals surface area contributed by atoms with Crippen LogP contribution >= 0.6 is 11.3 Å². The highest BCUT2D eigenvalue weighted by Crippen LogP contribution is 2.16. The zero-order valence-corrected chi connectivity index (χ0v) is 15.2. The Labute approximate surface area is 154 Å². The summed E-state index contributed by atoms with van der Waals surface area (Å²) in [6.45, 7) is 3.18. The van der Waals surface area contributed by atoms with Gasteiger partial charge in [-0.05, 0) is 35.0 Å². The molecule has 0 aliphatic carbocycles. The summed E-state index contributed by atoms with van der Waals surface area (Å²) < 4.78 is 12.6. The highest BCUT2D eigenvalue weighted by atomic mass is 32.1. The quantitative estimate of drug-likeness (QED) is 0.533. The highest BCUT2D eigenvalue weighted by Gasteiger charge is 2.12. The molecule has 0 saturated heterocycles. The van der Waals surface area contributed by atoms with Crippen LogP contribution in [0, 0.1) is 0 Å². The molecule has 9 heteroatoms. The lowest BCUT2D eigenvalue weighted by Crippen LogP contribution is -2.11. The first-order valence-corrected chi connectivity index (χ1v) is 9.22. The average molecular weight is 373 g/mol. The van der Waals surface area contributed by atoms with Crippen LogP contribution < -0.4 is 4.74 Å². The van der Waals surface area contributed by atoms with Gasteiger partial charge in [-0.2, -0.15) is 0 Å². The molecule has 0 radical (unpaired) electrons. The molecule has 3 aromatic rings. The van der Waals surface area contributed by atoms with Crippen LogP contribution in [0.25, 0.3) is 0 Å². The van der Waals surface area contributed by atoms with Gasteiger partial charge in [-0.1, -0.05) is 19.4 Å². The van der Waals surface area contributed by atoms with E-state index in [4.69, 9.17) is 9.47 Å². The number of tetrazole rings is 1. The highest BCUT2D eigenvalue weighted by molar-refractivity contribution is 7.07. The van der Waals surface area contributed by atoms with Crippen molar-refractivity contribution >= 4 is 17.3 Å². The zero-order chi connectivity index (χ0) is 18.2. The van der Waals surface area contributed by atoms with Gasteiger partial charge in [0, 0.05) is 11.9 Å². The first-order chi connectivity index (χ1) is 12.8. The maximum atomic E-state index is 12.3. The molecule has 0 unspecified atom stereocenters. The van der Waals surface area contributed by atoms with Gasteiger partial charge in [0.1, 0.15) is 12.4 Å². The van der Waals surface area contributed by atoms with Gasteiger partial charge < -0.3 is 9.47 Å². The van der Waals surface area contributed by atoms with Crippen molar-refractivity contribution in [2.75, 3.05) is 0 Å². The summed E-state index contributed by atoms with van der Waals surface area (Å²) in [5.74, 6) is 0.664. The molecule has 0 N–H and O–H groups in total. The molecule has 0 bridgehead atoms. The fourth-order valence-electron chi connectivity index (χ4n) is 2.20. The summed E-state index contributed by atoms with van der Waals surface area (Å²) in [4.78, 5) is 16.4. The van der Waals surface area contributed by atoms with Gasteiger partial charge in [0.2, 0.25) is 0 Å². The second-order valence-electron chi connectivity index (χ2n) is 5.54. The van der Waals surface area contributed by atoms with E-state index in [1.54, 1.807) is 34.5 Å². The molecular weight excluding hydrogens is 354 g/mol. The topological polar surface area (TPSA) is 92.0 Å². The Morgan fingerprint density at radius 3 is 3.04 bits per heavy atom. The van der Waals surface area contributed by atoms with Crippen LogP contribution in [0.2, 0.25) is 0 Å². The number of hydrogen-bond donors (Lipinski definition) is 0. The standard InChI is InChI=1S/C17H19N5O3S/c1-2-3-7-22-16(19-20-21-22)10-25-17(23)13-5-4-6-15(8-13)24-9-14-11-26-12-18-14/h4-6,8,11-12H,2-3,7,9-10H2,1H3. The first-order valence-electron chi connectivity index (χ1n) is 8.28. The van der Waals surface area contributed by atoms with Crippen LogP contribution in [0.15, 0.2) is 35.2 Å². The number of carbonyl (C=O) groups is 1. The number of rotatable bonds is 9. The lowest BCUT2D eigenvalue weighted by Gasteiger charge is -2.08. The van der Waals surface area contributed by atoms with E-state index in [9.17, 15) is 4.79 Å². The SMILES string of the molecule is CCCCn1nnnc1COC(=O)c1cccc(OCc2cscn2)c1. The molecular formula is C17H19N5O3S. The number of benzene rings is 1. The number of thiazole rings is 1. The summed E-state index contributed by atoms with van der Waals surface area (Å²) in [5.41, 5.74) is 3.01. The van der Waals surface area contributed by atoms with Crippen molar-refractivity contribution in [3.05, 3.63) is 52.2 Å². The van der Waals surface area contributed by atoms with Gasteiger partial charge in [-0.3, -0.25) is 0 Å². The minimum Gasteiger partial charge on any atom is -0.487 e. The van der Waals surface area contributed by atoms with Gasteiger partial charge in [0.15, 0.2) is 12.4 Å². The van der Waals surface area contributed by atoms with Gasteiger partial charge in [0.05, 0.1) is 16.8 Å². The maximum absolute atomic E-state index is 12.3. The molecule has 2 aromatic heterocycles. The minimum atomic E-state index is -0.450. The van der Waals surface area contributed by atoms with Crippen molar-refractivity contribution in [2.24, 2.45) is 0 Å². The molecule has 8 nitrogen and oxygen atoms in total. The van der Waals surface area contributed by atoms with E-state index in [-0.39, 0.29) is 6.61 Å². The summed E-state index contributed by atoms with van der Waals surface area (Å²) in [6.07, 6.45) is 2.00. The Balaban J connectivity index is 1.56. The Hall–Kier alpha value is -2.81. The Morgan fingerprint density at radius 2 is 2.23 bits per heavy atom. The van der Waals surface area contributed by atoms with E-state index in [2.05, 4.69) is 27.4 Å². The van der Waals surface area contributed by atoms with Crippen molar-refractivity contribution in [3.8, 4) is 5.75 Å². The lowest BCUT2D eigenvalue weighted by molar-refractivity contribution is 0.0455. The number of unbranched alkanes of at least 4 members (excludes halogenated alkanes) is 1.